The lowest BCUT2D eigenvalue weighted by atomic mass is 9.81. The van der Waals surface area contributed by atoms with E-state index < -0.39 is 36.1 Å². The fourth-order valence-corrected chi connectivity index (χ4v) is 4.37. The highest BCUT2D eigenvalue weighted by molar-refractivity contribution is 6.61. The summed E-state index contributed by atoms with van der Waals surface area (Å²) in [6.07, 6.45) is 7.29. The van der Waals surface area contributed by atoms with Crippen LogP contribution in [0.4, 0.5) is 4.79 Å². The molecule has 2 fully saturated rings. The zero-order chi connectivity index (χ0) is 27.4. The van der Waals surface area contributed by atoms with Crippen molar-refractivity contribution < 1.29 is 28.4 Å². The number of alkyl carbamates (subject to hydrolysis) is 1. The summed E-state index contributed by atoms with van der Waals surface area (Å²) in [5, 5.41) is 2.66. The molecule has 206 valence electrons. The summed E-state index contributed by atoms with van der Waals surface area (Å²) in [7, 11) is -0.513. The van der Waals surface area contributed by atoms with Gasteiger partial charge in [-0.25, -0.2) is 14.8 Å². The molecular weight excluding hydrogens is 475 g/mol. The maximum Gasteiger partial charge on any atom is 0.498 e. The van der Waals surface area contributed by atoms with Gasteiger partial charge in [-0.3, -0.25) is 4.79 Å². The highest BCUT2D eigenvalue weighted by Crippen LogP contribution is 2.36. The molecular formula is C26H43BN4O6. The number of rotatable bonds is 8. The molecule has 0 radical (unpaired) electrons. The Morgan fingerprint density at radius 1 is 1.16 bits per heavy atom. The summed E-state index contributed by atoms with van der Waals surface area (Å²) in [6.45, 7) is 16.2. The van der Waals surface area contributed by atoms with Crippen molar-refractivity contribution in [1.82, 2.24) is 20.2 Å². The molecule has 0 aliphatic carbocycles. The predicted molar refractivity (Wildman–Crippen MR) is 141 cm³/mol. The monoisotopic (exact) mass is 518 g/mol. The number of hydrogen-bond donors (Lipinski definition) is 1. The Labute approximate surface area is 221 Å². The lowest BCUT2D eigenvalue weighted by molar-refractivity contribution is -0.137. The standard InChI is InChI=1S/C26H43BN4O6/c1-18(30-23(33)35-24(2,3)4)21(32)31-14-10-9-12-20(31)13-11-15-34-22-28-16-19(17-29-22)27-36-25(5,6)26(7,8)37-27/h16-18,20H,9-15H2,1-8H3,(H,30,33)/t18-,20-/m0/s1. The summed E-state index contributed by atoms with van der Waals surface area (Å²) in [6, 6.07) is -0.242. The van der Waals surface area contributed by atoms with E-state index in [2.05, 4.69) is 15.3 Å². The number of carbonyl (C=O) groups is 2. The van der Waals surface area contributed by atoms with Gasteiger partial charge in [0, 0.05) is 30.4 Å². The van der Waals surface area contributed by atoms with E-state index in [1.807, 2.05) is 32.6 Å². The molecule has 2 amide bonds. The molecule has 0 aromatic carbocycles. The average molecular weight is 518 g/mol. The number of amides is 2. The quantitative estimate of drug-likeness (QED) is 0.413. The molecule has 2 atom stereocenters. The van der Waals surface area contributed by atoms with Crippen molar-refractivity contribution in [2.24, 2.45) is 0 Å². The minimum Gasteiger partial charge on any atom is -0.463 e. The molecule has 3 heterocycles. The highest BCUT2D eigenvalue weighted by Gasteiger charge is 2.52. The molecule has 10 nitrogen and oxygen atoms in total. The maximum atomic E-state index is 13.1. The average Bonchev–Trinajstić information content (AvgIpc) is 3.02. The van der Waals surface area contributed by atoms with Crippen molar-refractivity contribution >= 4 is 24.6 Å². The fourth-order valence-electron chi connectivity index (χ4n) is 4.37. The van der Waals surface area contributed by atoms with Gasteiger partial charge in [-0.1, -0.05) is 0 Å². The minimum absolute atomic E-state index is 0.0851. The third kappa shape index (κ3) is 7.80. The van der Waals surface area contributed by atoms with Gasteiger partial charge in [-0.2, -0.15) is 0 Å². The van der Waals surface area contributed by atoms with Crippen molar-refractivity contribution in [3.05, 3.63) is 12.4 Å². The Hall–Kier alpha value is -2.40. The van der Waals surface area contributed by atoms with Crippen LogP contribution in [-0.4, -0.2) is 76.0 Å². The normalized spacial score (nSPS) is 21.9. The molecule has 3 rings (SSSR count). The number of likely N-dealkylation sites (tertiary alicyclic amines) is 1. The molecule has 0 saturated carbocycles. The molecule has 11 heteroatoms. The van der Waals surface area contributed by atoms with Crippen LogP contribution in [0.25, 0.3) is 0 Å². The van der Waals surface area contributed by atoms with Crippen LogP contribution >= 0.6 is 0 Å². The summed E-state index contributed by atoms with van der Waals surface area (Å²) < 4.78 is 23.1. The van der Waals surface area contributed by atoms with Crippen LogP contribution in [0.3, 0.4) is 0 Å². The first-order valence-corrected chi connectivity index (χ1v) is 13.3. The third-order valence-corrected chi connectivity index (χ3v) is 7.10. The third-order valence-electron chi connectivity index (χ3n) is 7.10. The van der Waals surface area contributed by atoms with E-state index in [9.17, 15) is 9.59 Å². The van der Waals surface area contributed by atoms with Gasteiger partial charge >= 0.3 is 19.2 Å². The zero-order valence-corrected chi connectivity index (χ0v) is 23.6. The van der Waals surface area contributed by atoms with Crippen molar-refractivity contribution in [2.75, 3.05) is 13.2 Å². The number of carbonyl (C=O) groups excluding carboxylic acids is 2. The van der Waals surface area contributed by atoms with Gasteiger partial charge in [0.15, 0.2) is 0 Å². The first-order chi connectivity index (χ1) is 17.2. The molecule has 2 saturated heterocycles. The molecule has 0 bridgehead atoms. The molecule has 2 aliphatic heterocycles. The molecule has 1 N–H and O–H groups in total. The fraction of sp³-hybridized carbons (Fsp3) is 0.769. The number of hydrogen-bond acceptors (Lipinski definition) is 8. The second-order valence-corrected chi connectivity index (χ2v) is 11.9. The molecule has 2 aliphatic rings. The second-order valence-electron chi connectivity index (χ2n) is 11.9. The van der Waals surface area contributed by atoms with E-state index in [-0.39, 0.29) is 11.9 Å². The summed E-state index contributed by atoms with van der Waals surface area (Å²) in [4.78, 5) is 35.7. The topological polar surface area (TPSA) is 112 Å². The van der Waals surface area contributed by atoms with Crippen LogP contribution in [0, 0.1) is 0 Å². The Kier molecular flexibility index (Phi) is 9.11. The number of nitrogens with one attached hydrogen (secondary N) is 1. The first kappa shape index (κ1) is 29.2. The van der Waals surface area contributed by atoms with Crippen LogP contribution in [-0.2, 0) is 18.8 Å². The van der Waals surface area contributed by atoms with Crippen molar-refractivity contribution in [3.8, 4) is 6.01 Å². The van der Waals surface area contributed by atoms with Crippen molar-refractivity contribution in [1.29, 1.82) is 0 Å². The summed E-state index contributed by atoms with van der Waals surface area (Å²) in [5.74, 6) is -0.0851. The largest absolute Gasteiger partial charge is 0.498 e. The van der Waals surface area contributed by atoms with E-state index in [1.54, 1.807) is 40.1 Å². The number of nitrogens with zero attached hydrogens (tertiary/aromatic N) is 3. The molecule has 0 unspecified atom stereocenters. The smallest absolute Gasteiger partial charge is 0.463 e. The van der Waals surface area contributed by atoms with Gasteiger partial charge in [0.2, 0.25) is 5.91 Å². The Morgan fingerprint density at radius 2 is 1.78 bits per heavy atom. The van der Waals surface area contributed by atoms with Gasteiger partial charge < -0.3 is 29.0 Å². The van der Waals surface area contributed by atoms with E-state index in [4.69, 9.17) is 18.8 Å². The molecule has 0 spiro atoms. The molecule has 1 aromatic rings. The van der Waals surface area contributed by atoms with E-state index in [0.717, 1.165) is 37.6 Å². The van der Waals surface area contributed by atoms with Crippen LogP contribution in [0.5, 0.6) is 6.01 Å². The Bertz CT molecular complexity index is 918. The maximum absolute atomic E-state index is 13.1. The van der Waals surface area contributed by atoms with E-state index >= 15 is 0 Å². The van der Waals surface area contributed by atoms with E-state index in [0.29, 0.717) is 19.2 Å². The van der Waals surface area contributed by atoms with Crippen LogP contribution in [0.15, 0.2) is 12.4 Å². The van der Waals surface area contributed by atoms with Crippen LogP contribution in [0.2, 0.25) is 0 Å². The second kappa shape index (κ2) is 11.6. The lowest BCUT2D eigenvalue weighted by Crippen LogP contribution is -2.52. The lowest BCUT2D eigenvalue weighted by Gasteiger charge is -2.37. The number of aromatic nitrogens is 2. The Balaban J connectivity index is 1.45. The number of ether oxygens (including phenoxy) is 2. The van der Waals surface area contributed by atoms with Gasteiger partial charge in [0.25, 0.3) is 0 Å². The molecule has 1 aromatic heterocycles. The SMILES string of the molecule is C[C@H](NC(=O)OC(C)(C)C)C(=O)N1CCCC[C@H]1CCCOc1ncc(B2OC(C)(C)C(C)(C)O2)cn1. The van der Waals surface area contributed by atoms with E-state index in [1.165, 1.54) is 0 Å². The predicted octanol–water partition coefficient (Wildman–Crippen LogP) is 3.23. The van der Waals surface area contributed by atoms with Crippen molar-refractivity contribution in [2.45, 2.75) is 116 Å². The molecule has 37 heavy (non-hydrogen) atoms. The Morgan fingerprint density at radius 3 is 2.38 bits per heavy atom. The van der Waals surface area contributed by atoms with Gasteiger partial charge in [-0.15, -0.1) is 0 Å². The first-order valence-electron chi connectivity index (χ1n) is 13.3. The number of piperidine rings is 1. The van der Waals surface area contributed by atoms with Crippen LogP contribution in [0.1, 0.15) is 87.5 Å². The van der Waals surface area contributed by atoms with Gasteiger partial charge in [-0.05, 0) is 87.5 Å². The minimum atomic E-state index is -0.650. The van der Waals surface area contributed by atoms with Crippen molar-refractivity contribution in [3.63, 3.8) is 0 Å². The summed E-state index contributed by atoms with van der Waals surface area (Å²) >= 11 is 0. The van der Waals surface area contributed by atoms with Gasteiger partial charge in [0.1, 0.15) is 11.6 Å². The zero-order valence-electron chi connectivity index (χ0n) is 23.6. The van der Waals surface area contributed by atoms with Gasteiger partial charge in [0.05, 0.1) is 17.8 Å². The van der Waals surface area contributed by atoms with Crippen LogP contribution < -0.4 is 15.5 Å². The highest BCUT2D eigenvalue weighted by atomic mass is 16.7. The summed E-state index contributed by atoms with van der Waals surface area (Å²) in [5.41, 5.74) is -0.719.